The summed E-state index contributed by atoms with van der Waals surface area (Å²) in [4.78, 5) is 0. The third-order valence-corrected chi connectivity index (χ3v) is 2.59. The zero-order valence-electron chi connectivity index (χ0n) is 9.82. The maximum atomic E-state index is 5.10. The van der Waals surface area contributed by atoms with Gasteiger partial charge in [-0.05, 0) is 18.4 Å². The summed E-state index contributed by atoms with van der Waals surface area (Å²) in [5.41, 5.74) is 1.19. The van der Waals surface area contributed by atoms with Gasteiger partial charge < -0.3 is 14.5 Å². The Morgan fingerprint density at radius 2 is 2.27 bits per heavy atom. The van der Waals surface area contributed by atoms with E-state index >= 15 is 0 Å². The van der Waals surface area contributed by atoms with Gasteiger partial charge in [0.05, 0.1) is 12.5 Å². The molecular weight excluding hydrogens is 190 g/mol. The summed E-state index contributed by atoms with van der Waals surface area (Å²) in [5, 5.41) is 3.52. The monoisotopic (exact) mass is 211 g/mol. The SMILES string of the molecule is COCCC(NCc1ccoc1)C(C)C. The maximum absolute atomic E-state index is 5.10. The molecule has 1 rings (SSSR count). The van der Waals surface area contributed by atoms with Crippen molar-refractivity contribution in [3.8, 4) is 0 Å². The van der Waals surface area contributed by atoms with Gasteiger partial charge in [-0.25, -0.2) is 0 Å². The second-order valence-electron chi connectivity index (χ2n) is 4.14. The summed E-state index contributed by atoms with van der Waals surface area (Å²) in [6, 6.07) is 2.49. The lowest BCUT2D eigenvalue weighted by Gasteiger charge is -2.21. The van der Waals surface area contributed by atoms with E-state index in [4.69, 9.17) is 9.15 Å². The molecule has 0 aliphatic heterocycles. The minimum Gasteiger partial charge on any atom is -0.472 e. The van der Waals surface area contributed by atoms with Gasteiger partial charge in [0.1, 0.15) is 0 Å². The first-order valence-electron chi connectivity index (χ1n) is 5.47. The van der Waals surface area contributed by atoms with Gasteiger partial charge in [0.2, 0.25) is 0 Å². The first kappa shape index (κ1) is 12.3. The van der Waals surface area contributed by atoms with E-state index in [1.807, 2.05) is 6.07 Å². The third-order valence-electron chi connectivity index (χ3n) is 2.59. The molecule has 15 heavy (non-hydrogen) atoms. The van der Waals surface area contributed by atoms with E-state index in [1.54, 1.807) is 19.6 Å². The zero-order chi connectivity index (χ0) is 11.1. The molecule has 1 N–H and O–H groups in total. The molecule has 0 radical (unpaired) electrons. The molecule has 1 heterocycles. The van der Waals surface area contributed by atoms with E-state index in [9.17, 15) is 0 Å². The van der Waals surface area contributed by atoms with Crippen molar-refractivity contribution >= 4 is 0 Å². The van der Waals surface area contributed by atoms with Gasteiger partial charge >= 0.3 is 0 Å². The highest BCUT2D eigenvalue weighted by molar-refractivity contribution is 5.04. The van der Waals surface area contributed by atoms with Gasteiger partial charge in [0.25, 0.3) is 0 Å². The van der Waals surface area contributed by atoms with Gasteiger partial charge in [-0.2, -0.15) is 0 Å². The Kier molecular flexibility index (Phi) is 5.43. The number of methoxy groups -OCH3 is 1. The summed E-state index contributed by atoms with van der Waals surface area (Å²) >= 11 is 0. The van der Waals surface area contributed by atoms with E-state index in [0.717, 1.165) is 19.6 Å². The fourth-order valence-corrected chi connectivity index (χ4v) is 1.56. The lowest BCUT2D eigenvalue weighted by Crippen LogP contribution is -2.34. The molecule has 0 amide bonds. The van der Waals surface area contributed by atoms with Crippen LogP contribution in [0.2, 0.25) is 0 Å². The second kappa shape index (κ2) is 6.64. The fourth-order valence-electron chi connectivity index (χ4n) is 1.56. The molecule has 3 nitrogen and oxygen atoms in total. The standard InChI is InChI=1S/C12H21NO2/c1-10(2)12(5-6-14-3)13-8-11-4-7-15-9-11/h4,7,9-10,12-13H,5-6,8H2,1-3H3. The Balaban J connectivity index is 2.31. The van der Waals surface area contributed by atoms with Crippen molar-refractivity contribution in [3.63, 3.8) is 0 Å². The molecule has 1 unspecified atom stereocenters. The number of ether oxygens (including phenoxy) is 1. The van der Waals surface area contributed by atoms with E-state index < -0.39 is 0 Å². The predicted octanol–water partition coefficient (Wildman–Crippen LogP) is 2.43. The largest absolute Gasteiger partial charge is 0.472 e. The lowest BCUT2D eigenvalue weighted by atomic mass is 10.0. The normalized spacial score (nSPS) is 13.3. The summed E-state index contributed by atoms with van der Waals surface area (Å²) in [5.74, 6) is 0.618. The van der Waals surface area contributed by atoms with Crippen LogP contribution in [0.25, 0.3) is 0 Å². The van der Waals surface area contributed by atoms with Crippen molar-refractivity contribution < 1.29 is 9.15 Å². The van der Waals surface area contributed by atoms with E-state index in [0.29, 0.717) is 12.0 Å². The molecule has 86 valence electrons. The molecule has 0 saturated heterocycles. The molecular formula is C12H21NO2. The lowest BCUT2D eigenvalue weighted by molar-refractivity contribution is 0.173. The molecule has 1 atom stereocenters. The Labute approximate surface area is 91.8 Å². The number of furan rings is 1. The Morgan fingerprint density at radius 3 is 2.80 bits per heavy atom. The Bertz CT molecular complexity index is 244. The van der Waals surface area contributed by atoms with Crippen LogP contribution in [0.4, 0.5) is 0 Å². The van der Waals surface area contributed by atoms with Gasteiger partial charge in [-0.1, -0.05) is 13.8 Å². The molecule has 0 bridgehead atoms. The third kappa shape index (κ3) is 4.49. The summed E-state index contributed by atoms with van der Waals surface area (Å²) < 4.78 is 10.1. The van der Waals surface area contributed by atoms with Crippen LogP contribution in [0, 0.1) is 5.92 Å². The summed E-state index contributed by atoms with van der Waals surface area (Å²) in [7, 11) is 1.74. The molecule has 0 aromatic carbocycles. The second-order valence-corrected chi connectivity index (χ2v) is 4.14. The van der Waals surface area contributed by atoms with Gasteiger partial charge in [-0.3, -0.25) is 0 Å². The highest BCUT2D eigenvalue weighted by Gasteiger charge is 2.12. The molecule has 0 saturated carbocycles. The van der Waals surface area contributed by atoms with Gasteiger partial charge in [-0.15, -0.1) is 0 Å². The van der Waals surface area contributed by atoms with Crippen LogP contribution in [0.5, 0.6) is 0 Å². The maximum Gasteiger partial charge on any atom is 0.0947 e. The Morgan fingerprint density at radius 1 is 1.47 bits per heavy atom. The van der Waals surface area contributed by atoms with Gasteiger partial charge in [0, 0.05) is 31.9 Å². The summed E-state index contributed by atoms with van der Waals surface area (Å²) in [6.45, 7) is 6.12. The highest BCUT2D eigenvalue weighted by atomic mass is 16.5. The number of nitrogens with one attached hydrogen (secondary N) is 1. The fraction of sp³-hybridized carbons (Fsp3) is 0.667. The summed E-state index contributed by atoms with van der Waals surface area (Å²) in [6.07, 6.45) is 4.53. The molecule has 0 spiro atoms. The molecule has 0 fully saturated rings. The van der Waals surface area contributed by atoms with E-state index in [1.165, 1.54) is 5.56 Å². The highest BCUT2D eigenvalue weighted by Crippen LogP contribution is 2.08. The van der Waals surface area contributed by atoms with Crippen LogP contribution in [-0.4, -0.2) is 19.8 Å². The molecule has 3 heteroatoms. The van der Waals surface area contributed by atoms with E-state index in [-0.39, 0.29) is 0 Å². The van der Waals surface area contributed by atoms with Crippen molar-refractivity contribution in [2.24, 2.45) is 5.92 Å². The van der Waals surface area contributed by atoms with Crippen LogP contribution in [0.1, 0.15) is 25.8 Å². The van der Waals surface area contributed by atoms with Gasteiger partial charge in [0.15, 0.2) is 0 Å². The van der Waals surface area contributed by atoms with Crippen molar-refractivity contribution in [1.82, 2.24) is 5.32 Å². The van der Waals surface area contributed by atoms with Crippen LogP contribution in [0.3, 0.4) is 0 Å². The van der Waals surface area contributed by atoms with Crippen LogP contribution in [-0.2, 0) is 11.3 Å². The van der Waals surface area contributed by atoms with E-state index in [2.05, 4.69) is 19.2 Å². The smallest absolute Gasteiger partial charge is 0.0947 e. The number of hydrogen-bond acceptors (Lipinski definition) is 3. The number of rotatable bonds is 7. The van der Waals surface area contributed by atoms with Crippen LogP contribution >= 0.6 is 0 Å². The topological polar surface area (TPSA) is 34.4 Å². The van der Waals surface area contributed by atoms with Crippen molar-refractivity contribution in [2.45, 2.75) is 32.9 Å². The van der Waals surface area contributed by atoms with Crippen LogP contribution in [0.15, 0.2) is 23.0 Å². The molecule has 0 aliphatic rings. The predicted molar refractivity (Wildman–Crippen MR) is 60.7 cm³/mol. The van der Waals surface area contributed by atoms with Crippen molar-refractivity contribution in [2.75, 3.05) is 13.7 Å². The first-order valence-corrected chi connectivity index (χ1v) is 5.47. The van der Waals surface area contributed by atoms with Crippen molar-refractivity contribution in [3.05, 3.63) is 24.2 Å². The average molecular weight is 211 g/mol. The Hall–Kier alpha value is -0.800. The first-order chi connectivity index (χ1) is 7.24. The van der Waals surface area contributed by atoms with Crippen molar-refractivity contribution in [1.29, 1.82) is 0 Å². The van der Waals surface area contributed by atoms with Crippen LogP contribution < -0.4 is 5.32 Å². The average Bonchev–Trinajstić information content (AvgIpc) is 2.70. The molecule has 0 aliphatic carbocycles. The quantitative estimate of drug-likeness (QED) is 0.752. The molecule has 1 aromatic rings. The number of hydrogen-bond donors (Lipinski definition) is 1. The minimum atomic E-state index is 0.500. The molecule has 1 aromatic heterocycles. The minimum absolute atomic E-state index is 0.500. The zero-order valence-corrected chi connectivity index (χ0v) is 9.82.